The highest BCUT2D eigenvalue weighted by molar-refractivity contribution is 5.76. The average Bonchev–Trinajstić information content (AvgIpc) is 3.03. The zero-order valence-electron chi connectivity index (χ0n) is 20.1. The van der Waals surface area contributed by atoms with Crippen molar-refractivity contribution in [1.29, 1.82) is 0 Å². The third-order valence-corrected chi connectivity index (χ3v) is 7.32. The number of amides is 1. The highest BCUT2D eigenvalue weighted by Crippen LogP contribution is 2.39. The van der Waals surface area contributed by atoms with Crippen LogP contribution in [-0.4, -0.2) is 66.3 Å². The maximum absolute atomic E-state index is 12.9. The van der Waals surface area contributed by atoms with Gasteiger partial charge in [0.2, 0.25) is 5.91 Å². The summed E-state index contributed by atoms with van der Waals surface area (Å²) < 4.78 is 5.43. The molecule has 0 saturated heterocycles. The lowest BCUT2D eigenvalue weighted by Crippen LogP contribution is -2.37. The standard InChI is InChI=1S/C27H36N2O4/c1-18-10-25-21(14-26(18)33-3)13-22(25)15-28(2)7-6-27(32)29-8-4-19-11-23(16-30)24(17-31)12-20(19)5-9-29/h10-12,14,22,30-31H,4-9,13,15-17H2,1-3H3/t22-/m1/s1. The minimum Gasteiger partial charge on any atom is -0.496 e. The molecule has 2 N–H and O–H groups in total. The maximum Gasteiger partial charge on any atom is 0.223 e. The van der Waals surface area contributed by atoms with Gasteiger partial charge in [0.1, 0.15) is 5.75 Å². The first-order valence-corrected chi connectivity index (χ1v) is 11.9. The number of hydrogen-bond donors (Lipinski definition) is 2. The van der Waals surface area contributed by atoms with Crippen LogP contribution in [0.5, 0.6) is 5.75 Å². The first kappa shape index (κ1) is 23.7. The van der Waals surface area contributed by atoms with Gasteiger partial charge in [0, 0.05) is 38.5 Å². The van der Waals surface area contributed by atoms with Gasteiger partial charge in [0.25, 0.3) is 0 Å². The van der Waals surface area contributed by atoms with Gasteiger partial charge in [0.15, 0.2) is 0 Å². The third-order valence-electron chi connectivity index (χ3n) is 7.32. The lowest BCUT2D eigenvalue weighted by molar-refractivity contribution is -0.131. The summed E-state index contributed by atoms with van der Waals surface area (Å²) in [5.41, 5.74) is 7.90. The molecule has 0 bridgehead atoms. The van der Waals surface area contributed by atoms with E-state index in [1.807, 2.05) is 17.0 Å². The molecule has 1 aliphatic carbocycles. The van der Waals surface area contributed by atoms with Crippen molar-refractivity contribution < 1.29 is 19.7 Å². The van der Waals surface area contributed by atoms with Crippen LogP contribution in [0.2, 0.25) is 0 Å². The van der Waals surface area contributed by atoms with E-state index < -0.39 is 0 Å². The van der Waals surface area contributed by atoms with Gasteiger partial charge in [-0.05, 0) is 78.2 Å². The lowest BCUT2D eigenvalue weighted by Gasteiger charge is -2.34. The largest absolute Gasteiger partial charge is 0.496 e. The smallest absolute Gasteiger partial charge is 0.223 e. The molecule has 1 amide bonds. The minimum atomic E-state index is -0.0727. The van der Waals surface area contributed by atoms with Crippen LogP contribution < -0.4 is 4.74 Å². The summed E-state index contributed by atoms with van der Waals surface area (Å²) in [6.07, 6.45) is 3.17. The number of fused-ring (bicyclic) bond motifs is 2. The van der Waals surface area contributed by atoms with Crippen molar-refractivity contribution >= 4 is 5.91 Å². The Labute approximate surface area is 196 Å². The van der Waals surface area contributed by atoms with Gasteiger partial charge in [0.05, 0.1) is 20.3 Å². The van der Waals surface area contributed by atoms with Crippen molar-refractivity contribution in [2.24, 2.45) is 0 Å². The number of carbonyl (C=O) groups excluding carboxylic acids is 1. The minimum absolute atomic E-state index is 0.0727. The van der Waals surface area contributed by atoms with E-state index in [1.54, 1.807) is 7.11 Å². The molecular formula is C27H36N2O4. The second-order valence-electron chi connectivity index (χ2n) is 9.52. The molecule has 1 atom stereocenters. The number of rotatable bonds is 8. The third kappa shape index (κ3) is 5.08. The number of ether oxygens (including phenoxy) is 1. The summed E-state index contributed by atoms with van der Waals surface area (Å²) >= 11 is 0. The fraction of sp³-hybridized carbons (Fsp3) is 0.519. The second-order valence-corrected chi connectivity index (χ2v) is 9.52. The Balaban J connectivity index is 1.28. The van der Waals surface area contributed by atoms with E-state index in [1.165, 1.54) is 27.8 Å². The highest BCUT2D eigenvalue weighted by atomic mass is 16.5. The number of aryl methyl sites for hydroxylation is 1. The van der Waals surface area contributed by atoms with Gasteiger partial charge in [-0.25, -0.2) is 0 Å². The molecule has 0 spiro atoms. The quantitative estimate of drug-likeness (QED) is 0.644. The molecule has 0 radical (unpaired) electrons. The molecule has 1 heterocycles. The summed E-state index contributed by atoms with van der Waals surface area (Å²) in [5, 5.41) is 19.1. The van der Waals surface area contributed by atoms with Gasteiger partial charge < -0.3 is 24.7 Å². The van der Waals surface area contributed by atoms with Crippen molar-refractivity contribution in [1.82, 2.24) is 9.80 Å². The molecule has 1 aliphatic heterocycles. The van der Waals surface area contributed by atoms with E-state index in [0.717, 1.165) is 49.2 Å². The number of methoxy groups -OCH3 is 1. The van der Waals surface area contributed by atoms with Crippen molar-refractivity contribution in [3.8, 4) is 5.75 Å². The molecule has 0 aromatic heterocycles. The normalized spacial score (nSPS) is 17.3. The molecule has 6 heteroatoms. The first-order chi connectivity index (χ1) is 15.9. The van der Waals surface area contributed by atoms with Gasteiger partial charge in [-0.2, -0.15) is 0 Å². The van der Waals surface area contributed by atoms with Crippen LogP contribution in [-0.2, 0) is 37.3 Å². The number of aliphatic hydroxyl groups is 2. The number of hydrogen-bond acceptors (Lipinski definition) is 5. The van der Waals surface area contributed by atoms with E-state index in [9.17, 15) is 15.0 Å². The van der Waals surface area contributed by atoms with E-state index in [0.29, 0.717) is 25.4 Å². The number of benzene rings is 2. The predicted molar refractivity (Wildman–Crippen MR) is 129 cm³/mol. The Morgan fingerprint density at radius 2 is 1.70 bits per heavy atom. The van der Waals surface area contributed by atoms with Crippen LogP contribution in [0.4, 0.5) is 0 Å². The number of carbonyl (C=O) groups is 1. The zero-order valence-corrected chi connectivity index (χ0v) is 20.1. The van der Waals surface area contributed by atoms with Crippen LogP contribution in [0.3, 0.4) is 0 Å². The van der Waals surface area contributed by atoms with Crippen molar-refractivity contribution in [3.05, 3.63) is 63.2 Å². The van der Waals surface area contributed by atoms with E-state index in [2.05, 4.69) is 31.0 Å². The summed E-state index contributed by atoms with van der Waals surface area (Å²) in [7, 11) is 3.82. The van der Waals surface area contributed by atoms with Crippen molar-refractivity contribution in [2.75, 3.05) is 40.3 Å². The Morgan fingerprint density at radius 1 is 1.06 bits per heavy atom. The Kier molecular flexibility index (Phi) is 7.37. The topological polar surface area (TPSA) is 73.2 Å². The Bertz CT molecular complexity index is 985. The Hall–Kier alpha value is -2.41. The van der Waals surface area contributed by atoms with Gasteiger partial charge in [-0.15, -0.1) is 0 Å². The summed E-state index contributed by atoms with van der Waals surface area (Å²) in [5.74, 6) is 1.69. The molecule has 2 aliphatic rings. The van der Waals surface area contributed by atoms with E-state index in [-0.39, 0.29) is 19.1 Å². The summed E-state index contributed by atoms with van der Waals surface area (Å²) in [6, 6.07) is 8.41. The molecule has 6 nitrogen and oxygen atoms in total. The van der Waals surface area contributed by atoms with Crippen molar-refractivity contribution in [2.45, 2.75) is 51.7 Å². The highest BCUT2D eigenvalue weighted by Gasteiger charge is 2.28. The van der Waals surface area contributed by atoms with Gasteiger partial charge >= 0.3 is 0 Å². The van der Waals surface area contributed by atoms with Crippen LogP contribution in [0.25, 0.3) is 0 Å². The first-order valence-electron chi connectivity index (χ1n) is 11.9. The molecule has 0 saturated carbocycles. The fourth-order valence-corrected chi connectivity index (χ4v) is 5.27. The summed E-state index contributed by atoms with van der Waals surface area (Å²) in [6.45, 7) is 5.07. The van der Waals surface area contributed by atoms with Crippen molar-refractivity contribution in [3.63, 3.8) is 0 Å². The lowest BCUT2D eigenvalue weighted by atomic mass is 9.76. The van der Waals surface area contributed by atoms with Crippen LogP contribution in [0, 0.1) is 6.92 Å². The fourth-order valence-electron chi connectivity index (χ4n) is 5.27. The monoisotopic (exact) mass is 452 g/mol. The van der Waals surface area contributed by atoms with Gasteiger partial charge in [-0.3, -0.25) is 4.79 Å². The molecule has 2 aromatic carbocycles. The van der Waals surface area contributed by atoms with Crippen LogP contribution in [0.1, 0.15) is 51.3 Å². The van der Waals surface area contributed by atoms with E-state index in [4.69, 9.17) is 4.74 Å². The molecule has 178 valence electrons. The molecular weight excluding hydrogens is 416 g/mol. The average molecular weight is 453 g/mol. The predicted octanol–water partition coefficient (Wildman–Crippen LogP) is 2.58. The molecule has 2 aromatic rings. The molecule has 0 unspecified atom stereocenters. The molecule has 4 rings (SSSR count). The SMILES string of the molecule is COc1cc2c(cc1C)[C@@H](CN(C)CCC(=O)N1CCc3cc(CO)c(CO)cc3CC1)C2. The summed E-state index contributed by atoms with van der Waals surface area (Å²) in [4.78, 5) is 17.2. The number of likely N-dealkylation sites (N-methyl/N-ethyl adjacent to an activating group) is 1. The van der Waals surface area contributed by atoms with E-state index >= 15 is 0 Å². The Morgan fingerprint density at radius 3 is 2.27 bits per heavy atom. The molecule has 0 fully saturated rings. The zero-order chi connectivity index (χ0) is 23.5. The number of nitrogens with zero attached hydrogens (tertiary/aromatic N) is 2. The van der Waals surface area contributed by atoms with Crippen LogP contribution in [0.15, 0.2) is 24.3 Å². The van der Waals surface area contributed by atoms with Gasteiger partial charge in [-0.1, -0.05) is 18.2 Å². The molecule has 33 heavy (non-hydrogen) atoms. The number of aliphatic hydroxyl groups excluding tert-OH is 2. The second kappa shape index (κ2) is 10.2. The van der Waals surface area contributed by atoms with Crippen LogP contribution >= 0.6 is 0 Å². The maximum atomic E-state index is 12.9.